The number of rotatable bonds is 7. The minimum absolute atomic E-state index is 0.0683. The molecule has 4 aromatic rings. The van der Waals surface area contributed by atoms with E-state index in [4.69, 9.17) is 15.6 Å². The zero-order valence-corrected chi connectivity index (χ0v) is 22.2. The van der Waals surface area contributed by atoms with Crippen LogP contribution in [0.1, 0.15) is 30.7 Å². The SMILES string of the molecule is Cc1cccc(OCC(C)C)c1-n1nc2c(c1-c1cc(F)c(NC(N)=O)cc1F)CN(c1ncc(F)cn1)CC2. The van der Waals surface area contributed by atoms with E-state index in [-0.39, 0.29) is 23.7 Å². The van der Waals surface area contributed by atoms with E-state index in [1.54, 1.807) is 4.68 Å². The zero-order valence-electron chi connectivity index (χ0n) is 22.2. The van der Waals surface area contributed by atoms with Crippen molar-refractivity contribution in [1.82, 2.24) is 19.7 Å². The Morgan fingerprint density at radius 2 is 1.90 bits per heavy atom. The van der Waals surface area contributed by atoms with Gasteiger partial charge >= 0.3 is 6.03 Å². The summed E-state index contributed by atoms with van der Waals surface area (Å²) in [5.41, 5.74) is 7.71. The summed E-state index contributed by atoms with van der Waals surface area (Å²) >= 11 is 0. The second kappa shape index (κ2) is 10.9. The van der Waals surface area contributed by atoms with Crippen LogP contribution in [-0.4, -0.2) is 38.9 Å². The van der Waals surface area contributed by atoms with Crippen LogP contribution in [0.15, 0.2) is 42.7 Å². The van der Waals surface area contributed by atoms with E-state index in [1.807, 2.05) is 43.9 Å². The van der Waals surface area contributed by atoms with Crippen molar-refractivity contribution in [3.8, 4) is 22.7 Å². The third-order valence-corrected chi connectivity index (χ3v) is 6.48. The molecule has 2 amide bonds. The molecule has 5 rings (SSSR count). The molecule has 1 aliphatic rings. The number of carbonyl (C=O) groups is 1. The summed E-state index contributed by atoms with van der Waals surface area (Å²) in [5.74, 6) is -1.13. The number of aromatic nitrogens is 4. The van der Waals surface area contributed by atoms with Crippen molar-refractivity contribution in [3.05, 3.63) is 77.0 Å². The molecule has 9 nitrogen and oxygen atoms in total. The first-order valence-corrected chi connectivity index (χ1v) is 12.7. The number of primary amides is 1. The van der Waals surface area contributed by atoms with Gasteiger partial charge in [-0.1, -0.05) is 26.0 Å². The quantitative estimate of drug-likeness (QED) is 0.329. The lowest BCUT2D eigenvalue weighted by molar-refractivity contribution is 0.259. The van der Waals surface area contributed by atoms with Gasteiger partial charge in [0.15, 0.2) is 5.82 Å². The van der Waals surface area contributed by atoms with E-state index in [1.165, 1.54) is 0 Å². The second-order valence-corrected chi connectivity index (χ2v) is 9.99. The summed E-state index contributed by atoms with van der Waals surface area (Å²) in [4.78, 5) is 21.3. The molecule has 0 radical (unpaired) electrons. The number of aryl methyl sites for hydroxylation is 1. The lowest BCUT2D eigenvalue weighted by atomic mass is 9.99. The number of ether oxygens (including phenoxy) is 1. The summed E-state index contributed by atoms with van der Waals surface area (Å²) in [7, 11) is 0. The molecular formula is C28H28F3N7O2. The van der Waals surface area contributed by atoms with Crippen LogP contribution in [0.25, 0.3) is 16.9 Å². The molecule has 12 heteroatoms. The summed E-state index contributed by atoms with van der Waals surface area (Å²) in [5, 5.41) is 6.96. The number of hydrogen-bond donors (Lipinski definition) is 2. The number of nitrogens with one attached hydrogen (secondary N) is 1. The van der Waals surface area contributed by atoms with Crippen molar-refractivity contribution in [2.24, 2.45) is 11.7 Å². The number of fused-ring (bicyclic) bond motifs is 1. The molecule has 40 heavy (non-hydrogen) atoms. The fourth-order valence-electron chi connectivity index (χ4n) is 4.68. The van der Waals surface area contributed by atoms with Crippen LogP contribution in [0.3, 0.4) is 0 Å². The Labute approximate surface area is 228 Å². The van der Waals surface area contributed by atoms with Crippen LogP contribution in [0, 0.1) is 30.3 Å². The summed E-state index contributed by atoms with van der Waals surface area (Å²) in [6.07, 6.45) is 2.61. The molecule has 2 aromatic carbocycles. The van der Waals surface area contributed by atoms with Crippen LogP contribution in [-0.2, 0) is 13.0 Å². The van der Waals surface area contributed by atoms with Gasteiger partial charge in [0, 0.05) is 36.7 Å². The lowest BCUT2D eigenvalue weighted by Gasteiger charge is -2.27. The van der Waals surface area contributed by atoms with Gasteiger partial charge in [0.25, 0.3) is 0 Å². The maximum atomic E-state index is 15.7. The van der Waals surface area contributed by atoms with E-state index < -0.39 is 23.5 Å². The molecule has 0 unspecified atom stereocenters. The maximum Gasteiger partial charge on any atom is 0.316 e. The van der Waals surface area contributed by atoms with Crippen LogP contribution >= 0.6 is 0 Å². The number of halogens is 3. The first-order chi connectivity index (χ1) is 19.1. The fraction of sp³-hybridized carbons (Fsp3) is 0.286. The van der Waals surface area contributed by atoms with E-state index >= 15 is 8.78 Å². The minimum atomic E-state index is -1.02. The van der Waals surface area contributed by atoms with Gasteiger partial charge in [-0.2, -0.15) is 5.10 Å². The average molecular weight is 552 g/mol. The number of nitrogens with zero attached hydrogens (tertiary/aromatic N) is 5. The predicted molar refractivity (Wildman–Crippen MR) is 144 cm³/mol. The van der Waals surface area contributed by atoms with Gasteiger partial charge in [0.1, 0.15) is 23.1 Å². The Bertz CT molecular complexity index is 1570. The highest BCUT2D eigenvalue weighted by Crippen LogP contribution is 2.39. The number of benzene rings is 2. The number of hydrogen-bond acceptors (Lipinski definition) is 6. The summed E-state index contributed by atoms with van der Waals surface area (Å²) < 4.78 is 52.0. The number of urea groups is 1. The number of amides is 2. The molecule has 0 aliphatic carbocycles. The molecule has 0 fully saturated rings. The topological polar surface area (TPSA) is 111 Å². The highest BCUT2D eigenvalue weighted by atomic mass is 19.1. The smallest absolute Gasteiger partial charge is 0.316 e. The van der Waals surface area contributed by atoms with Crippen molar-refractivity contribution in [2.45, 2.75) is 33.7 Å². The van der Waals surface area contributed by atoms with E-state index in [0.717, 1.165) is 30.1 Å². The van der Waals surface area contributed by atoms with Gasteiger partial charge in [0.2, 0.25) is 5.95 Å². The standard InChI is InChI=1S/C28H28F3N7O2/c1-15(2)14-40-24-6-4-5-16(3)25(24)38-26(18-9-21(31)23(10-20(18)30)35-27(32)39)19-13-37(8-7-22(19)36-38)28-33-11-17(29)12-34-28/h4-6,9-12,15H,7-8,13-14H2,1-3H3,(H3,32,35,39). The summed E-state index contributed by atoms with van der Waals surface area (Å²) in [6.45, 7) is 7.08. The number of anilines is 2. The number of para-hydroxylation sites is 1. The molecule has 0 bridgehead atoms. The van der Waals surface area contributed by atoms with Gasteiger partial charge in [-0.05, 0) is 30.5 Å². The average Bonchev–Trinajstić information content (AvgIpc) is 3.27. The van der Waals surface area contributed by atoms with Crippen molar-refractivity contribution in [1.29, 1.82) is 0 Å². The van der Waals surface area contributed by atoms with Gasteiger partial charge in [0.05, 0.1) is 36.1 Å². The van der Waals surface area contributed by atoms with Crippen LogP contribution in [0.4, 0.5) is 29.6 Å². The summed E-state index contributed by atoms with van der Waals surface area (Å²) in [6, 6.07) is 6.43. The Morgan fingerprint density at radius 1 is 1.15 bits per heavy atom. The molecule has 0 atom stereocenters. The van der Waals surface area contributed by atoms with Gasteiger partial charge < -0.3 is 20.7 Å². The molecular weight excluding hydrogens is 523 g/mol. The monoisotopic (exact) mass is 551 g/mol. The largest absolute Gasteiger partial charge is 0.491 e. The van der Waals surface area contributed by atoms with Crippen LogP contribution in [0.2, 0.25) is 0 Å². The fourth-order valence-corrected chi connectivity index (χ4v) is 4.68. The lowest BCUT2D eigenvalue weighted by Crippen LogP contribution is -2.31. The first kappa shape index (κ1) is 27.0. The van der Waals surface area contributed by atoms with Crippen molar-refractivity contribution in [2.75, 3.05) is 23.4 Å². The first-order valence-electron chi connectivity index (χ1n) is 12.7. The van der Waals surface area contributed by atoms with Crippen molar-refractivity contribution in [3.63, 3.8) is 0 Å². The highest BCUT2D eigenvalue weighted by molar-refractivity contribution is 5.88. The molecule has 0 spiro atoms. The normalized spacial score (nSPS) is 12.9. The zero-order chi connectivity index (χ0) is 28.6. The third kappa shape index (κ3) is 5.29. The van der Waals surface area contributed by atoms with E-state index in [2.05, 4.69) is 15.3 Å². The number of carbonyl (C=O) groups excluding carboxylic acids is 1. The minimum Gasteiger partial charge on any atom is -0.491 e. The molecule has 3 heterocycles. The number of nitrogens with two attached hydrogens (primary N) is 1. The van der Waals surface area contributed by atoms with Gasteiger partial charge in [-0.25, -0.2) is 32.6 Å². The Kier molecular flexibility index (Phi) is 7.33. The van der Waals surface area contributed by atoms with E-state index in [0.29, 0.717) is 53.9 Å². The second-order valence-electron chi connectivity index (χ2n) is 9.99. The van der Waals surface area contributed by atoms with Crippen LogP contribution < -0.4 is 20.7 Å². The maximum absolute atomic E-state index is 15.7. The van der Waals surface area contributed by atoms with Crippen LogP contribution in [0.5, 0.6) is 5.75 Å². The molecule has 3 N–H and O–H groups in total. The van der Waals surface area contributed by atoms with Crippen molar-refractivity contribution >= 4 is 17.7 Å². The Morgan fingerprint density at radius 3 is 2.60 bits per heavy atom. The Hall–Kier alpha value is -4.61. The predicted octanol–water partition coefficient (Wildman–Crippen LogP) is 5.14. The molecule has 0 saturated carbocycles. The molecule has 2 aromatic heterocycles. The van der Waals surface area contributed by atoms with E-state index in [9.17, 15) is 9.18 Å². The van der Waals surface area contributed by atoms with Gasteiger partial charge in [-0.15, -0.1) is 0 Å². The third-order valence-electron chi connectivity index (χ3n) is 6.48. The molecule has 1 aliphatic heterocycles. The van der Waals surface area contributed by atoms with Gasteiger partial charge in [-0.3, -0.25) is 0 Å². The Balaban J connectivity index is 1.71. The van der Waals surface area contributed by atoms with Crippen molar-refractivity contribution < 1.29 is 22.7 Å². The molecule has 0 saturated heterocycles. The molecule has 208 valence electrons. The highest BCUT2D eigenvalue weighted by Gasteiger charge is 2.31.